The van der Waals surface area contributed by atoms with Gasteiger partial charge < -0.3 is 10.2 Å². The molecule has 2 aromatic carbocycles. The molecule has 1 amide bonds. The Kier molecular flexibility index (Phi) is 6.10. The number of piperidine rings is 1. The van der Waals surface area contributed by atoms with Gasteiger partial charge in [-0.3, -0.25) is 4.79 Å². The van der Waals surface area contributed by atoms with Gasteiger partial charge in [-0.1, -0.05) is 54.1 Å². The summed E-state index contributed by atoms with van der Waals surface area (Å²) in [7, 11) is 0. The Morgan fingerprint density at radius 1 is 0.973 bits per heavy atom. The lowest BCUT2D eigenvalue weighted by atomic mass is 10.0. The van der Waals surface area contributed by atoms with Gasteiger partial charge in [-0.2, -0.15) is 5.10 Å². The molecule has 1 unspecified atom stereocenters. The first-order valence-corrected chi connectivity index (χ1v) is 12.6. The summed E-state index contributed by atoms with van der Waals surface area (Å²) in [5.41, 5.74) is 6.55. The minimum absolute atomic E-state index is 0.0695. The number of carbonyl (C=O) groups excluding carboxylic acids is 1. The topological polar surface area (TPSA) is 75.4 Å². The lowest BCUT2D eigenvalue weighted by molar-refractivity contribution is 0.0714. The molecular formula is C30H28N6O. The number of aryl methyl sites for hydroxylation is 1. The molecule has 1 saturated heterocycles. The van der Waals surface area contributed by atoms with E-state index in [9.17, 15) is 4.79 Å². The van der Waals surface area contributed by atoms with Crippen LogP contribution < -0.4 is 5.32 Å². The molecule has 184 valence electrons. The molecule has 37 heavy (non-hydrogen) atoms. The number of fused-ring (bicyclic) bond motifs is 1. The molecule has 7 heteroatoms. The van der Waals surface area contributed by atoms with Crippen molar-refractivity contribution in [2.24, 2.45) is 0 Å². The Balaban J connectivity index is 1.27. The molecule has 1 fully saturated rings. The number of hydrogen-bond donors (Lipinski definition) is 1. The van der Waals surface area contributed by atoms with Crippen molar-refractivity contribution in [1.82, 2.24) is 24.5 Å². The Hall–Kier alpha value is -4.52. The van der Waals surface area contributed by atoms with E-state index in [-0.39, 0.29) is 11.9 Å². The van der Waals surface area contributed by atoms with Crippen molar-refractivity contribution in [2.75, 3.05) is 18.4 Å². The van der Waals surface area contributed by atoms with Gasteiger partial charge in [0.1, 0.15) is 5.69 Å². The van der Waals surface area contributed by atoms with Gasteiger partial charge in [-0.25, -0.2) is 14.5 Å². The number of likely N-dealkylation sites (tertiary alicyclic amines) is 1. The fourth-order valence-corrected chi connectivity index (χ4v) is 4.96. The van der Waals surface area contributed by atoms with E-state index in [2.05, 4.69) is 28.5 Å². The van der Waals surface area contributed by atoms with Crippen molar-refractivity contribution in [3.63, 3.8) is 0 Å². The zero-order valence-corrected chi connectivity index (χ0v) is 20.7. The third-order valence-electron chi connectivity index (χ3n) is 6.84. The summed E-state index contributed by atoms with van der Waals surface area (Å²) in [6.45, 7) is 3.40. The molecule has 1 aliphatic heterocycles. The van der Waals surface area contributed by atoms with Crippen LogP contribution in [0.5, 0.6) is 0 Å². The maximum Gasteiger partial charge on any atom is 0.253 e. The summed E-state index contributed by atoms with van der Waals surface area (Å²) in [4.78, 5) is 24.4. The van der Waals surface area contributed by atoms with E-state index in [1.165, 1.54) is 0 Å². The lowest BCUT2D eigenvalue weighted by Gasteiger charge is -2.33. The van der Waals surface area contributed by atoms with Gasteiger partial charge in [-0.05, 0) is 50.1 Å². The third kappa shape index (κ3) is 4.68. The highest BCUT2D eigenvalue weighted by Gasteiger charge is 2.25. The van der Waals surface area contributed by atoms with Crippen molar-refractivity contribution in [1.29, 1.82) is 0 Å². The van der Waals surface area contributed by atoms with Gasteiger partial charge >= 0.3 is 0 Å². The number of rotatable bonds is 5. The number of carbonyl (C=O) groups is 1. The highest BCUT2D eigenvalue weighted by molar-refractivity contribution is 5.94. The molecule has 4 heterocycles. The van der Waals surface area contributed by atoms with Crippen molar-refractivity contribution in [2.45, 2.75) is 25.8 Å². The van der Waals surface area contributed by atoms with E-state index >= 15 is 0 Å². The summed E-state index contributed by atoms with van der Waals surface area (Å²) >= 11 is 0. The number of nitrogens with one attached hydrogen (secondary N) is 1. The summed E-state index contributed by atoms with van der Waals surface area (Å²) in [5.74, 6) is 0.626. The van der Waals surface area contributed by atoms with E-state index in [0.29, 0.717) is 12.5 Å². The van der Waals surface area contributed by atoms with Gasteiger partial charge in [0.2, 0.25) is 5.95 Å². The van der Waals surface area contributed by atoms with Gasteiger partial charge in [0, 0.05) is 42.7 Å². The molecule has 0 radical (unpaired) electrons. The second-order valence-electron chi connectivity index (χ2n) is 9.49. The summed E-state index contributed by atoms with van der Waals surface area (Å²) < 4.78 is 1.89. The maximum absolute atomic E-state index is 13.1. The fraction of sp³-hybridized carbons (Fsp3) is 0.200. The average Bonchev–Trinajstić information content (AvgIpc) is 3.34. The first-order valence-electron chi connectivity index (χ1n) is 12.6. The fourth-order valence-electron chi connectivity index (χ4n) is 4.96. The molecule has 1 N–H and O–H groups in total. The highest BCUT2D eigenvalue weighted by atomic mass is 16.2. The second kappa shape index (κ2) is 9.85. The van der Waals surface area contributed by atoms with Crippen LogP contribution in [-0.2, 0) is 0 Å². The van der Waals surface area contributed by atoms with E-state index in [0.717, 1.165) is 58.5 Å². The first kappa shape index (κ1) is 22.9. The molecule has 7 nitrogen and oxygen atoms in total. The Bertz CT molecular complexity index is 1540. The van der Waals surface area contributed by atoms with Crippen LogP contribution in [0, 0.1) is 6.92 Å². The predicted molar refractivity (Wildman–Crippen MR) is 145 cm³/mol. The van der Waals surface area contributed by atoms with Crippen LogP contribution >= 0.6 is 0 Å². The maximum atomic E-state index is 13.1. The quantitative estimate of drug-likeness (QED) is 0.354. The van der Waals surface area contributed by atoms with E-state index in [4.69, 9.17) is 10.1 Å². The van der Waals surface area contributed by atoms with E-state index < -0.39 is 0 Å². The molecular weight excluding hydrogens is 460 g/mol. The number of amides is 1. The molecule has 0 bridgehead atoms. The van der Waals surface area contributed by atoms with Crippen LogP contribution in [0.4, 0.5) is 5.95 Å². The molecule has 0 aliphatic carbocycles. The molecule has 1 atom stereocenters. The van der Waals surface area contributed by atoms with Crippen molar-refractivity contribution >= 4 is 17.4 Å². The van der Waals surface area contributed by atoms with Crippen LogP contribution in [0.15, 0.2) is 91.3 Å². The minimum atomic E-state index is 0.0695. The van der Waals surface area contributed by atoms with Crippen molar-refractivity contribution in [3.8, 4) is 22.5 Å². The number of hydrogen-bond acceptors (Lipinski definition) is 5. The van der Waals surface area contributed by atoms with Crippen LogP contribution in [-0.4, -0.2) is 49.5 Å². The zero-order chi connectivity index (χ0) is 25.2. The number of anilines is 1. The van der Waals surface area contributed by atoms with Gasteiger partial charge in [0.25, 0.3) is 5.91 Å². The minimum Gasteiger partial charge on any atom is -0.350 e. The number of nitrogens with zero attached hydrogens (tertiary/aromatic N) is 5. The summed E-state index contributed by atoms with van der Waals surface area (Å²) in [6, 6.07) is 26.0. The molecule has 0 spiro atoms. The predicted octanol–water partition coefficient (Wildman–Crippen LogP) is 5.48. The van der Waals surface area contributed by atoms with Gasteiger partial charge in [0.15, 0.2) is 0 Å². The van der Waals surface area contributed by atoms with Crippen LogP contribution in [0.1, 0.15) is 28.8 Å². The molecule has 6 rings (SSSR count). The van der Waals surface area contributed by atoms with Crippen LogP contribution in [0.3, 0.4) is 0 Å². The van der Waals surface area contributed by atoms with Crippen molar-refractivity contribution < 1.29 is 4.79 Å². The van der Waals surface area contributed by atoms with Crippen molar-refractivity contribution in [3.05, 3.63) is 102 Å². The largest absolute Gasteiger partial charge is 0.350 e. The second-order valence-corrected chi connectivity index (χ2v) is 9.49. The van der Waals surface area contributed by atoms with E-state index in [1.807, 2.05) is 83.2 Å². The molecule has 5 aromatic rings. The van der Waals surface area contributed by atoms with Crippen LogP contribution in [0.2, 0.25) is 0 Å². The number of benzene rings is 2. The smallest absolute Gasteiger partial charge is 0.253 e. The van der Waals surface area contributed by atoms with Gasteiger partial charge in [0.05, 0.1) is 16.8 Å². The summed E-state index contributed by atoms with van der Waals surface area (Å²) in [6.07, 6.45) is 5.62. The standard InChI is InChI=1S/C30H28N6O/c1-21-12-14-23(15-13-21)29(37)35-18-7-10-24(20-35)32-30-31-17-16-25(33-30)27-26-11-5-6-19-36(26)34-28(27)22-8-3-2-4-9-22/h2-6,8-9,11-17,19,24H,7,10,18,20H2,1H3,(H,31,32,33). The normalized spacial score (nSPS) is 15.6. The Morgan fingerprint density at radius 2 is 1.78 bits per heavy atom. The number of aromatic nitrogens is 4. The third-order valence-corrected chi connectivity index (χ3v) is 6.84. The Morgan fingerprint density at radius 3 is 2.62 bits per heavy atom. The monoisotopic (exact) mass is 488 g/mol. The highest BCUT2D eigenvalue weighted by Crippen LogP contribution is 2.34. The molecule has 3 aromatic heterocycles. The van der Waals surface area contributed by atoms with Crippen LogP contribution in [0.25, 0.3) is 28.0 Å². The van der Waals surface area contributed by atoms with Gasteiger partial charge in [-0.15, -0.1) is 0 Å². The summed E-state index contributed by atoms with van der Waals surface area (Å²) in [5, 5.41) is 8.35. The average molecular weight is 489 g/mol. The molecule has 1 aliphatic rings. The van der Waals surface area contributed by atoms with E-state index in [1.54, 1.807) is 6.20 Å². The lowest BCUT2D eigenvalue weighted by Crippen LogP contribution is -2.45. The molecule has 0 saturated carbocycles. The number of pyridine rings is 1. The SMILES string of the molecule is Cc1ccc(C(=O)N2CCCC(Nc3nccc(-c4c(-c5ccccc5)nn5ccccc45)n3)C2)cc1. The Labute approximate surface area is 215 Å². The zero-order valence-electron chi connectivity index (χ0n) is 20.7. The first-order chi connectivity index (χ1) is 18.2.